The Morgan fingerprint density at radius 3 is 2.45 bits per heavy atom. The molecule has 0 amide bonds. The molecule has 6 rings (SSSR count). The topological polar surface area (TPSA) is 55.9 Å². The highest BCUT2D eigenvalue weighted by molar-refractivity contribution is 7.86. The summed E-state index contributed by atoms with van der Waals surface area (Å²) in [6, 6.07) is 7.00. The second-order valence-corrected chi connectivity index (χ2v) is 13.4. The van der Waals surface area contributed by atoms with E-state index < -0.39 is 10.1 Å². The Morgan fingerprint density at radius 1 is 0.935 bits per heavy atom. The minimum atomic E-state index is -3.69. The van der Waals surface area contributed by atoms with Crippen molar-refractivity contribution in [2.24, 2.45) is 34.5 Å². The van der Waals surface area contributed by atoms with Gasteiger partial charge < -0.3 is 4.74 Å². The van der Waals surface area contributed by atoms with Gasteiger partial charge in [-0.1, -0.05) is 31.5 Å². The zero-order valence-corrected chi connectivity index (χ0v) is 19.9. The zero-order chi connectivity index (χ0) is 21.6. The standard InChI is InChI=1S/C26H36O4S/c1-16-4-7-19(8-5-16)31(27,28)30-18-10-12-25(2)17(14-18)6-9-20-21(25)11-13-26(3)22(20)15-23-24(26)29-23/h4-5,7-8,17-18,20-24H,6,9-15H2,1-3H3/t17-,18-,20+,21-,22-,23+,24+,25-,26-/m0/s1. The first-order valence-corrected chi connectivity index (χ1v) is 13.8. The fourth-order valence-corrected chi connectivity index (χ4v) is 9.66. The highest BCUT2D eigenvalue weighted by atomic mass is 32.2. The summed E-state index contributed by atoms with van der Waals surface area (Å²) in [5.74, 6) is 3.04. The van der Waals surface area contributed by atoms with Crippen molar-refractivity contribution in [3.63, 3.8) is 0 Å². The smallest absolute Gasteiger partial charge is 0.297 e. The van der Waals surface area contributed by atoms with Gasteiger partial charge in [-0.2, -0.15) is 8.42 Å². The Kier molecular flexibility index (Phi) is 4.54. The first-order chi connectivity index (χ1) is 14.7. The lowest BCUT2D eigenvalue weighted by Gasteiger charge is -2.60. The molecule has 4 nitrogen and oxygen atoms in total. The zero-order valence-electron chi connectivity index (χ0n) is 19.0. The van der Waals surface area contributed by atoms with Crippen molar-refractivity contribution >= 4 is 10.1 Å². The maximum Gasteiger partial charge on any atom is 0.297 e. The molecule has 0 unspecified atom stereocenters. The fourth-order valence-electron chi connectivity index (χ4n) is 8.54. The molecular formula is C26H36O4S. The Morgan fingerprint density at radius 2 is 1.68 bits per heavy atom. The third-order valence-corrected chi connectivity index (χ3v) is 11.7. The number of benzene rings is 1. The minimum Gasteiger partial charge on any atom is -0.369 e. The minimum absolute atomic E-state index is 0.178. The predicted octanol–water partition coefficient (Wildman–Crippen LogP) is 5.49. The lowest BCUT2D eigenvalue weighted by atomic mass is 9.45. The summed E-state index contributed by atoms with van der Waals surface area (Å²) in [6.07, 6.45) is 10.2. The molecule has 0 radical (unpaired) electrons. The molecule has 9 atom stereocenters. The van der Waals surface area contributed by atoms with Gasteiger partial charge >= 0.3 is 0 Å². The first kappa shape index (κ1) is 20.7. The highest BCUT2D eigenvalue weighted by Gasteiger charge is 2.68. The number of epoxide rings is 1. The van der Waals surface area contributed by atoms with Crippen LogP contribution < -0.4 is 0 Å². The van der Waals surface area contributed by atoms with Crippen LogP contribution in [-0.4, -0.2) is 26.7 Å². The van der Waals surface area contributed by atoms with Gasteiger partial charge in [-0.3, -0.25) is 4.18 Å². The van der Waals surface area contributed by atoms with E-state index in [9.17, 15) is 8.42 Å². The molecule has 1 aliphatic heterocycles. The molecule has 0 aromatic heterocycles. The Hall–Kier alpha value is -0.910. The normalized spacial score (nSPS) is 48.3. The van der Waals surface area contributed by atoms with Crippen LogP contribution in [0, 0.1) is 41.4 Å². The van der Waals surface area contributed by atoms with E-state index in [2.05, 4.69) is 13.8 Å². The maximum atomic E-state index is 12.8. The molecule has 0 bridgehead atoms. The second-order valence-electron chi connectivity index (χ2n) is 11.8. The van der Waals surface area contributed by atoms with Gasteiger partial charge in [0.05, 0.1) is 23.2 Å². The van der Waals surface area contributed by atoms with Crippen LogP contribution in [-0.2, 0) is 19.0 Å². The summed E-state index contributed by atoms with van der Waals surface area (Å²) in [7, 11) is -3.69. The van der Waals surface area contributed by atoms with Crippen LogP contribution in [0.15, 0.2) is 29.2 Å². The fraction of sp³-hybridized carbons (Fsp3) is 0.769. The van der Waals surface area contributed by atoms with E-state index in [-0.39, 0.29) is 11.0 Å². The van der Waals surface area contributed by atoms with Crippen LogP contribution in [0.3, 0.4) is 0 Å². The summed E-state index contributed by atoms with van der Waals surface area (Å²) >= 11 is 0. The van der Waals surface area contributed by atoms with E-state index in [1.165, 1.54) is 32.1 Å². The van der Waals surface area contributed by atoms with Gasteiger partial charge in [0, 0.05) is 0 Å². The summed E-state index contributed by atoms with van der Waals surface area (Å²) in [6.45, 7) is 6.99. The van der Waals surface area contributed by atoms with E-state index >= 15 is 0 Å². The Labute approximate surface area is 187 Å². The van der Waals surface area contributed by atoms with Crippen molar-refractivity contribution in [3.8, 4) is 0 Å². The van der Waals surface area contributed by atoms with Gasteiger partial charge in [0.2, 0.25) is 0 Å². The summed E-state index contributed by atoms with van der Waals surface area (Å²) in [5.41, 5.74) is 1.81. The van der Waals surface area contributed by atoms with Gasteiger partial charge in [0.15, 0.2) is 0 Å². The quantitative estimate of drug-likeness (QED) is 0.457. The number of fused-ring (bicyclic) bond motifs is 7. The molecule has 1 aromatic carbocycles. The molecule has 5 fully saturated rings. The molecule has 170 valence electrons. The number of aryl methyl sites for hydroxylation is 1. The monoisotopic (exact) mass is 444 g/mol. The molecule has 0 N–H and O–H groups in total. The van der Waals surface area contributed by atoms with E-state index in [1.807, 2.05) is 19.1 Å². The van der Waals surface area contributed by atoms with Crippen LogP contribution in [0.1, 0.15) is 70.8 Å². The average molecular weight is 445 g/mol. The second kappa shape index (κ2) is 6.80. The summed E-state index contributed by atoms with van der Waals surface area (Å²) in [4.78, 5) is 0.281. The number of rotatable bonds is 3. The third-order valence-electron chi connectivity index (χ3n) is 10.3. The molecule has 1 heterocycles. The van der Waals surface area contributed by atoms with Crippen molar-refractivity contribution in [2.45, 2.75) is 95.3 Å². The van der Waals surface area contributed by atoms with Crippen molar-refractivity contribution in [1.29, 1.82) is 0 Å². The number of hydrogen-bond donors (Lipinski definition) is 0. The van der Waals surface area contributed by atoms with Crippen LogP contribution >= 0.6 is 0 Å². The molecular weight excluding hydrogens is 408 g/mol. The van der Waals surface area contributed by atoms with Gasteiger partial charge in [-0.25, -0.2) is 0 Å². The molecule has 4 aliphatic carbocycles. The molecule has 5 aliphatic rings. The highest BCUT2D eigenvalue weighted by Crippen LogP contribution is 2.69. The molecule has 4 saturated carbocycles. The van der Waals surface area contributed by atoms with E-state index in [4.69, 9.17) is 8.92 Å². The SMILES string of the molecule is Cc1ccc(S(=O)(=O)O[C@H]2CC[C@@]3(C)[C@@H](CC[C@@H]4[C@@H]3CC[C@]3(C)[C@@H]5O[C@@H]5C[C@@H]43)C2)cc1. The van der Waals surface area contributed by atoms with Gasteiger partial charge in [0.1, 0.15) is 0 Å². The van der Waals surface area contributed by atoms with Crippen molar-refractivity contribution in [2.75, 3.05) is 0 Å². The molecule has 31 heavy (non-hydrogen) atoms. The number of ether oxygens (including phenoxy) is 1. The van der Waals surface area contributed by atoms with Gasteiger partial charge in [-0.05, 0) is 105 Å². The predicted molar refractivity (Wildman–Crippen MR) is 119 cm³/mol. The van der Waals surface area contributed by atoms with E-state index in [1.54, 1.807) is 12.1 Å². The largest absolute Gasteiger partial charge is 0.369 e. The molecule has 1 saturated heterocycles. The molecule has 1 aromatic rings. The van der Waals surface area contributed by atoms with Crippen LogP contribution in [0.2, 0.25) is 0 Å². The lowest BCUT2D eigenvalue weighted by Crippen LogP contribution is -2.54. The van der Waals surface area contributed by atoms with Crippen molar-refractivity contribution in [1.82, 2.24) is 0 Å². The van der Waals surface area contributed by atoms with Crippen LogP contribution in [0.4, 0.5) is 0 Å². The van der Waals surface area contributed by atoms with Gasteiger partial charge in [-0.15, -0.1) is 0 Å². The third kappa shape index (κ3) is 3.09. The Bertz CT molecular complexity index is 972. The van der Waals surface area contributed by atoms with E-state index in [0.717, 1.165) is 42.6 Å². The van der Waals surface area contributed by atoms with Crippen LogP contribution in [0.25, 0.3) is 0 Å². The van der Waals surface area contributed by atoms with Crippen LogP contribution in [0.5, 0.6) is 0 Å². The lowest BCUT2D eigenvalue weighted by molar-refractivity contribution is -0.128. The van der Waals surface area contributed by atoms with Gasteiger partial charge in [0.25, 0.3) is 10.1 Å². The van der Waals surface area contributed by atoms with E-state index in [0.29, 0.717) is 29.0 Å². The average Bonchev–Trinajstić information content (AvgIpc) is 3.45. The first-order valence-electron chi connectivity index (χ1n) is 12.4. The maximum absolute atomic E-state index is 12.8. The summed E-state index contributed by atoms with van der Waals surface area (Å²) in [5, 5.41) is 0. The number of hydrogen-bond acceptors (Lipinski definition) is 4. The Balaban J connectivity index is 1.17. The molecule has 0 spiro atoms. The van der Waals surface area contributed by atoms with Crippen molar-refractivity contribution < 1.29 is 17.3 Å². The molecule has 5 heteroatoms. The summed E-state index contributed by atoms with van der Waals surface area (Å²) < 4.78 is 37.4. The van der Waals surface area contributed by atoms with Crippen molar-refractivity contribution in [3.05, 3.63) is 29.8 Å².